The van der Waals surface area contributed by atoms with Crippen molar-refractivity contribution in [1.82, 2.24) is 10.3 Å². The van der Waals surface area contributed by atoms with Crippen LogP contribution in [0.25, 0.3) is 10.8 Å². The number of carboxylic acid groups (broad SMARTS) is 1. The number of carboxylic acids is 1. The number of hydrogen-bond donors (Lipinski definition) is 4. The van der Waals surface area contributed by atoms with Crippen LogP contribution in [-0.4, -0.2) is 58.2 Å². The molecule has 4 aromatic carbocycles. The zero-order valence-electron chi connectivity index (χ0n) is 36.1. The second-order valence-corrected chi connectivity index (χ2v) is 16.5. The molecule has 0 aliphatic rings. The molecule has 5 rings (SSSR count). The molecule has 0 spiro atoms. The van der Waals surface area contributed by atoms with E-state index in [0.717, 1.165) is 27.2 Å². The van der Waals surface area contributed by atoms with E-state index in [4.69, 9.17) is 18.9 Å². The highest BCUT2D eigenvalue weighted by Crippen LogP contribution is 2.31. The molecule has 15 heteroatoms. The molecule has 0 aliphatic heterocycles. The number of anilines is 3. The number of rotatable bonds is 13. The van der Waals surface area contributed by atoms with E-state index in [1.165, 1.54) is 6.20 Å². The van der Waals surface area contributed by atoms with Crippen molar-refractivity contribution < 1.29 is 48.0 Å². The number of hydrogen-bond acceptors (Lipinski definition) is 11. The molecule has 1 heterocycles. The Hall–Kier alpha value is -7.16. The molecule has 0 radical (unpaired) electrons. The predicted octanol–water partition coefficient (Wildman–Crippen LogP) is 10.2. The zero-order valence-corrected chi connectivity index (χ0v) is 36.1. The van der Waals surface area contributed by atoms with E-state index in [1.807, 2.05) is 43.3 Å². The number of ether oxygens (including phenoxy) is 4. The van der Waals surface area contributed by atoms with Crippen LogP contribution in [0.5, 0.6) is 0 Å². The number of nitrogens with one attached hydrogen (secondary N) is 3. The fourth-order valence-electron chi connectivity index (χ4n) is 6.24. The number of carbonyl (C=O) groups is 5. The Morgan fingerprint density at radius 1 is 0.742 bits per heavy atom. The van der Waals surface area contributed by atoms with Gasteiger partial charge in [0.05, 0.1) is 12.6 Å². The molecule has 0 bridgehead atoms. The summed E-state index contributed by atoms with van der Waals surface area (Å²) in [6.45, 7) is 13.9. The minimum Gasteiger partial charge on any atom is -0.479 e. The molecule has 0 aliphatic carbocycles. The van der Waals surface area contributed by atoms with Crippen LogP contribution in [0.1, 0.15) is 88.4 Å². The van der Waals surface area contributed by atoms with E-state index in [1.54, 1.807) is 109 Å². The minimum atomic E-state index is -1.14. The van der Waals surface area contributed by atoms with Crippen molar-refractivity contribution in [1.29, 1.82) is 0 Å². The molecule has 0 saturated carbocycles. The van der Waals surface area contributed by atoms with E-state index in [0.29, 0.717) is 34.1 Å². The second-order valence-electron chi connectivity index (χ2n) is 16.5. The number of carbonyl (C=O) groups excluding carboxylic acids is 4. The van der Waals surface area contributed by atoms with Crippen molar-refractivity contribution >= 4 is 58.3 Å². The number of alkyl carbamates (subject to hydrolysis) is 1. The van der Waals surface area contributed by atoms with Crippen LogP contribution in [0.2, 0.25) is 0 Å². The van der Waals surface area contributed by atoms with E-state index in [9.17, 15) is 29.1 Å². The number of aryl methyl sites for hydroxylation is 1. The van der Waals surface area contributed by atoms with Gasteiger partial charge in [-0.05, 0) is 125 Å². The molecule has 4 N–H and O–H groups in total. The van der Waals surface area contributed by atoms with Crippen LogP contribution >= 0.6 is 0 Å². The SMILES string of the molecule is Cc1cc(C(Nc2ccc3c(N(C(=O)OC(C)(C)C)C(=O)OC(C)(C)C)nccc3c2)C(=O)O)ccc1CCOC(=O)Nc1cccc([C@@H](C)NC(=O)OCc2ccccc2)c1. The van der Waals surface area contributed by atoms with Crippen LogP contribution < -0.4 is 20.9 Å². The van der Waals surface area contributed by atoms with Gasteiger partial charge in [0.15, 0.2) is 11.9 Å². The normalized spacial score (nSPS) is 12.3. The Bertz CT molecular complexity index is 2380. The third-order valence-electron chi connectivity index (χ3n) is 9.15. The van der Waals surface area contributed by atoms with Crippen molar-refractivity contribution in [3.05, 3.63) is 131 Å². The molecule has 4 amide bonds. The molecule has 62 heavy (non-hydrogen) atoms. The summed E-state index contributed by atoms with van der Waals surface area (Å²) >= 11 is 0. The van der Waals surface area contributed by atoms with Crippen molar-refractivity contribution in [3.8, 4) is 0 Å². The molecule has 15 nitrogen and oxygen atoms in total. The highest BCUT2D eigenvalue weighted by molar-refractivity contribution is 6.14. The van der Waals surface area contributed by atoms with Gasteiger partial charge in [0, 0.05) is 29.4 Å². The van der Waals surface area contributed by atoms with Crippen LogP contribution in [0.3, 0.4) is 0 Å². The Morgan fingerprint density at radius 2 is 1.44 bits per heavy atom. The molecule has 326 valence electrons. The fourth-order valence-corrected chi connectivity index (χ4v) is 6.24. The maximum absolute atomic E-state index is 13.3. The third kappa shape index (κ3) is 13.2. The number of nitrogens with zero attached hydrogens (tertiary/aromatic N) is 2. The zero-order chi connectivity index (χ0) is 45.2. The monoisotopic (exact) mass is 847 g/mol. The van der Waals surface area contributed by atoms with Crippen molar-refractivity contribution in [2.24, 2.45) is 0 Å². The van der Waals surface area contributed by atoms with Gasteiger partial charge in [-0.3, -0.25) is 5.32 Å². The van der Waals surface area contributed by atoms with Crippen LogP contribution in [0.4, 0.5) is 36.4 Å². The van der Waals surface area contributed by atoms with Crippen molar-refractivity contribution in [3.63, 3.8) is 0 Å². The fraction of sp³-hybridized carbons (Fsp3) is 0.319. The number of benzene rings is 4. The summed E-state index contributed by atoms with van der Waals surface area (Å²) in [5.41, 5.74) is 2.88. The summed E-state index contributed by atoms with van der Waals surface area (Å²) in [4.78, 5) is 69.4. The number of imide groups is 1. The number of aliphatic carboxylic acids is 1. The van der Waals surface area contributed by atoms with Gasteiger partial charge in [0.2, 0.25) is 0 Å². The van der Waals surface area contributed by atoms with Gasteiger partial charge < -0.3 is 34.7 Å². The molecule has 5 aromatic rings. The molecular formula is C47H53N5O10. The summed E-state index contributed by atoms with van der Waals surface area (Å²) in [5, 5.41) is 19.9. The number of aromatic nitrogens is 1. The first kappa shape index (κ1) is 45.9. The quantitative estimate of drug-likeness (QED) is 0.0820. The van der Waals surface area contributed by atoms with Gasteiger partial charge in [0.1, 0.15) is 17.8 Å². The lowest BCUT2D eigenvalue weighted by Crippen LogP contribution is -2.44. The van der Waals surface area contributed by atoms with Gasteiger partial charge in [-0.2, -0.15) is 4.90 Å². The molecule has 0 saturated heterocycles. The Balaban J connectivity index is 1.19. The summed E-state index contributed by atoms with van der Waals surface area (Å²) in [7, 11) is 0. The summed E-state index contributed by atoms with van der Waals surface area (Å²) in [6.07, 6.45) is -1.34. The molecular weight excluding hydrogens is 795 g/mol. The molecule has 0 fully saturated rings. The predicted molar refractivity (Wildman–Crippen MR) is 235 cm³/mol. The lowest BCUT2D eigenvalue weighted by Gasteiger charge is -2.28. The lowest BCUT2D eigenvalue weighted by molar-refractivity contribution is -0.138. The van der Waals surface area contributed by atoms with Gasteiger partial charge in [-0.1, -0.05) is 60.7 Å². The second kappa shape index (κ2) is 19.9. The van der Waals surface area contributed by atoms with Gasteiger partial charge >= 0.3 is 30.3 Å². The largest absolute Gasteiger partial charge is 0.479 e. The smallest absolute Gasteiger partial charge is 0.425 e. The highest BCUT2D eigenvalue weighted by atomic mass is 16.6. The highest BCUT2D eigenvalue weighted by Gasteiger charge is 2.34. The average molecular weight is 848 g/mol. The number of fused-ring (bicyclic) bond motifs is 1. The van der Waals surface area contributed by atoms with Crippen LogP contribution in [0.15, 0.2) is 103 Å². The van der Waals surface area contributed by atoms with E-state index >= 15 is 0 Å². The summed E-state index contributed by atoms with van der Waals surface area (Å²) < 4.78 is 21.8. The van der Waals surface area contributed by atoms with Crippen LogP contribution in [0, 0.1) is 6.92 Å². The average Bonchev–Trinajstić information content (AvgIpc) is 3.19. The van der Waals surface area contributed by atoms with Gasteiger partial charge in [-0.15, -0.1) is 0 Å². The molecule has 1 unspecified atom stereocenters. The maximum Gasteiger partial charge on any atom is 0.425 e. The number of pyridine rings is 1. The summed E-state index contributed by atoms with van der Waals surface area (Å²) in [6, 6.07) is 26.7. The lowest BCUT2D eigenvalue weighted by atomic mass is 9.98. The van der Waals surface area contributed by atoms with Crippen molar-refractivity contribution in [2.45, 2.75) is 91.7 Å². The Kier molecular flexibility index (Phi) is 14.8. The van der Waals surface area contributed by atoms with Crippen molar-refractivity contribution in [2.75, 3.05) is 22.1 Å². The van der Waals surface area contributed by atoms with E-state index in [2.05, 4.69) is 20.9 Å². The third-order valence-corrected chi connectivity index (χ3v) is 9.15. The Morgan fingerprint density at radius 3 is 2.08 bits per heavy atom. The van der Waals surface area contributed by atoms with E-state index < -0.39 is 53.6 Å². The molecule has 2 atom stereocenters. The Labute approximate surface area is 360 Å². The van der Waals surface area contributed by atoms with E-state index in [-0.39, 0.29) is 19.0 Å². The molecule has 1 aromatic heterocycles. The first-order valence-electron chi connectivity index (χ1n) is 20.0. The summed E-state index contributed by atoms with van der Waals surface area (Å²) in [5.74, 6) is -1.13. The van der Waals surface area contributed by atoms with Crippen LogP contribution in [-0.2, 0) is 36.8 Å². The number of amides is 4. The maximum atomic E-state index is 13.3. The first-order valence-corrected chi connectivity index (χ1v) is 20.0. The minimum absolute atomic E-state index is 0.00714. The van der Waals surface area contributed by atoms with Gasteiger partial charge in [0.25, 0.3) is 0 Å². The first-order chi connectivity index (χ1) is 29.3. The topological polar surface area (TPSA) is 195 Å². The standard InChI is InChI=1S/C47H53N5O10/c1-29-25-35(18-17-32(29)22-24-59-43(56)51-36-16-12-15-33(26-36)30(2)49-42(55)60-28-31-13-10-9-11-14-31)39(41(53)54)50-37-19-20-38-34(27-37)21-23-48-40(38)52(44(57)61-46(3,4)5)45(58)62-47(6,7)8/h9-21,23,25-27,30,39,50H,22,24,28H2,1-8H3,(H,49,55)(H,51,56)(H,53,54)/t30-,39?/m1/s1. The van der Waals surface area contributed by atoms with Gasteiger partial charge in [-0.25, -0.2) is 29.0 Å².